The normalized spacial score (nSPS) is 12.0. The Morgan fingerprint density at radius 1 is 1.47 bits per heavy atom. The van der Waals surface area contributed by atoms with E-state index < -0.39 is 0 Å². The molecule has 0 aliphatic rings. The van der Waals surface area contributed by atoms with Crippen LogP contribution in [0.1, 0.15) is 37.9 Å². The maximum atomic E-state index is 8.62. The third-order valence-corrected chi connectivity index (χ3v) is 2.96. The molecule has 2 N–H and O–H groups in total. The number of hydrogen-bond donors (Lipinski definition) is 2. The fraction of sp³-hybridized carbons (Fsp3) is 0.727. The zero-order valence-electron chi connectivity index (χ0n) is 9.71. The van der Waals surface area contributed by atoms with Crippen molar-refractivity contribution in [3.05, 3.63) is 16.1 Å². The van der Waals surface area contributed by atoms with E-state index in [1.807, 2.05) is 0 Å². The molecular weight excluding hydrogens is 208 g/mol. The van der Waals surface area contributed by atoms with Crippen LogP contribution in [-0.2, 0) is 12.0 Å². The molecule has 1 aromatic heterocycles. The largest absolute Gasteiger partial charge is 0.396 e. The molecular formula is C11H20N2OS. The van der Waals surface area contributed by atoms with Crippen LogP contribution in [-0.4, -0.2) is 23.2 Å². The highest BCUT2D eigenvalue weighted by atomic mass is 32.1. The molecule has 15 heavy (non-hydrogen) atoms. The van der Waals surface area contributed by atoms with E-state index in [-0.39, 0.29) is 12.0 Å². The highest BCUT2D eigenvalue weighted by Crippen LogP contribution is 2.23. The number of hydrogen-bond acceptors (Lipinski definition) is 4. The van der Waals surface area contributed by atoms with Gasteiger partial charge < -0.3 is 10.4 Å². The van der Waals surface area contributed by atoms with Crippen molar-refractivity contribution >= 4 is 11.3 Å². The maximum absolute atomic E-state index is 8.62. The van der Waals surface area contributed by atoms with Crippen molar-refractivity contribution in [1.82, 2.24) is 10.3 Å². The SMILES string of the molecule is CC(C)(C)c1csc(CNCCCO)n1. The second-order valence-electron chi connectivity index (χ2n) is 4.63. The van der Waals surface area contributed by atoms with Crippen LogP contribution < -0.4 is 5.32 Å². The average molecular weight is 228 g/mol. The molecule has 0 saturated carbocycles. The number of nitrogens with zero attached hydrogens (tertiary/aromatic N) is 1. The van der Waals surface area contributed by atoms with Gasteiger partial charge in [0.2, 0.25) is 0 Å². The van der Waals surface area contributed by atoms with Gasteiger partial charge in [0, 0.05) is 23.9 Å². The van der Waals surface area contributed by atoms with Crippen molar-refractivity contribution in [1.29, 1.82) is 0 Å². The summed E-state index contributed by atoms with van der Waals surface area (Å²) in [7, 11) is 0. The van der Waals surface area contributed by atoms with Crippen LogP contribution in [0.15, 0.2) is 5.38 Å². The van der Waals surface area contributed by atoms with Crippen LogP contribution in [0.4, 0.5) is 0 Å². The van der Waals surface area contributed by atoms with E-state index in [0.29, 0.717) is 0 Å². The minimum Gasteiger partial charge on any atom is -0.396 e. The van der Waals surface area contributed by atoms with Gasteiger partial charge in [-0.05, 0) is 13.0 Å². The molecule has 0 aromatic carbocycles. The summed E-state index contributed by atoms with van der Waals surface area (Å²) in [6, 6.07) is 0. The summed E-state index contributed by atoms with van der Waals surface area (Å²) < 4.78 is 0. The van der Waals surface area contributed by atoms with E-state index in [1.54, 1.807) is 11.3 Å². The predicted molar refractivity (Wildman–Crippen MR) is 64.2 cm³/mol. The van der Waals surface area contributed by atoms with E-state index in [1.165, 1.54) is 0 Å². The van der Waals surface area contributed by atoms with Gasteiger partial charge in [-0.15, -0.1) is 11.3 Å². The topological polar surface area (TPSA) is 45.1 Å². The Balaban J connectivity index is 2.40. The van der Waals surface area contributed by atoms with Gasteiger partial charge in [-0.3, -0.25) is 0 Å². The van der Waals surface area contributed by atoms with Gasteiger partial charge >= 0.3 is 0 Å². The zero-order valence-corrected chi connectivity index (χ0v) is 10.5. The summed E-state index contributed by atoms with van der Waals surface area (Å²) in [4.78, 5) is 4.57. The van der Waals surface area contributed by atoms with Gasteiger partial charge in [0.1, 0.15) is 5.01 Å². The molecule has 0 aliphatic carbocycles. The third kappa shape index (κ3) is 4.28. The lowest BCUT2D eigenvalue weighted by molar-refractivity contribution is 0.286. The van der Waals surface area contributed by atoms with Crippen molar-refractivity contribution in [2.24, 2.45) is 0 Å². The molecule has 0 aliphatic heterocycles. The summed E-state index contributed by atoms with van der Waals surface area (Å²) in [5.41, 5.74) is 1.30. The molecule has 1 aromatic rings. The Bertz CT molecular complexity index is 291. The van der Waals surface area contributed by atoms with Crippen molar-refractivity contribution < 1.29 is 5.11 Å². The fourth-order valence-electron chi connectivity index (χ4n) is 1.14. The summed E-state index contributed by atoms with van der Waals surface area (Å²) >= 11 is 1.70. The lowest BCUT2D eigenvalue weighted by Crippen LogP contribution is -2.16. The highest BCUT2D eigenvalue weighted by molar-refractivity contribution is 7.09. The number of aliphatic hydroxyl groups is 1. The Morgan fingerprint density at radius 2 is 2.20 bits per heavy atom. The first kappa shape index (κ1) is 12.6. The van der Waals surface area contributed by atoms with Crippen molar-refractivity contribution in [2.45, 2.75) is 39.2 Å². The molecule has 0 unspecified atom stereocenters. The smallest absolute Gasteiger partial charge is 0.107 e. The van der Waals surface area contributed by atoms with E-state index in [4.69, 9.17) is 5.11 Å². The molecule has 4 heteroatoms. The zero-order chi connectivity index (χ0) is 11.3. The molecule has 0 bridgehead atoms. The summed E-state index contributed by atoms with van der Waals surface area (Å²) in [5.74, 6) is 0. The molecule has 1 heterocycles. The molecule has 0 spiro atoms. The molecule has 0 atom stereocenters. The van der Waals surface area contributed by atoms with Crippen molar-refractivity contribution in [3.8, 4) is 0 Å². The van der Waals surface area contributed by atoms with Crippen LogP contribution in [0.5, 0.6) is 0 Å². The highest BCUT2D eigenvalue weighted by Gasteiger charge is 2.16. The first-order chi connectivity index (χ1) is 7.04. The first-order valence-corrected chi connectivity index (χ1v) is 6.18. The second kappa shape index (κ2) is 5.58. The molecule has 1 rings (SSSR count). The van der Waals surface area contributed by atoms with E-state index in [9.17, 15) is 0 Å². The average Bonchev–Trinajstić information content (AvgIpc) is 2.60. The predicted octanol–water partition coefficient (Wildman–Crippen LogP) is 1.91. The number of rotatable bonds is 5. The Labute approximate surface area is 95.6 Å². The maximum Gasteiger partial charge on any atom is 0.107 e. The van der Waals surface area contributed by atoms with E-state index >= 15 is 0 Å². The molecule has 0 saturated heterocycles. The molecule has 0 fully saturated rings. The Hall–Kier alpha value is -0.450. The Kier molecular flexibility index (Phi) is 4.70. The van der Waals surface area contributed by atoms with Gasteiger partial charge in [-0.2, -0.15) is 0 Å². The number of thiazole rings is 1. The lowest BCUT2D eigenvalue weighted by Gasteiger charge is -2.14. The van der Waals surface area contributed by atoms with E-state index in [2.05, 4.69) is 36.5 Å². The fourth-order valence-corrected chi connectivity index (χ4v) is 2.13. The summed E-state index contributed by atoms with van der Waals surface area (Å²) in [6.07, 6.45) is 0.803. The van der Waals surface area contributed by atoms with Gasteiger partial charge in [0.05, 0.1) is 5.69 Å². The van der Waals surface area contributed by atoms with Gasteiger partial charge in [0.25, 0.3) is 0 Å². The molecule has 86 valence electrons. The number of aliphatic hydroxyl groups excluding tert-OH is 1. The minimum atomic E-state index is 0.139. The molecule has 3 nitrogen and oxygen atoms in total. The Morgan fingerprint density at radius 3 is 2.73 bits per heavy atom. The minimum absolute atomic E-state index is 0.139. The number of aromatic nitrogens is 1. The quantitative estimate of drug-likeness (QED) is 0.757. The van der Waals surface area contributed by atoms with Crippen LogP contribution in [0, 0.1) is 0 Å². The van der Waals surface area contributed by atoms with E-state index in [0.717, 1.165) is 30.2 Å². The summed E-state index contributed by atoms with van der Waals surface area (Å²) in [5, 5.41) is 15.1. The van der Waals surface area contributed by atoms with Gasteiger partial charge in [-0.25, -0.2) is 4.98 Å². The standard InChI is InChI=1S/C11H20N2OS/c1-11(2,3)9-8-15-10(13-9)7-12-5-4-6-14/h8,12,14H,4-7H2,1-3H3. The summed E-state index contributed by atoms with van der Waals surface area (Å²) in [6.45, 7) is 8.42. The lowest BCUT2D eigenvalue weighted by atomic mass is 9.93. The van der Waals surface area contributed by atoms with Crippen LogP contribution >= 0.6 is 11.3 Å². The number of nitrogens with one attached hydrogen (secondary N) is 1. The molecule has 0 amide bonds. The van der Waals surface area contributed by atoms with Crippen LogP contribution in [0.3, 0.4) is 0 Å². The van der Waals surface area contributed by atoms with Crippen LogP contribution in [0.25, 0.3) is 0 Å². The first-order valence-electron chi connectivity index (χ1n) is 5.30. The monoisotopic (exact) mass is 228 g/mol. The van der Waals surface area contributed by atoms with Crippen LogP contribution in [0.2, 0.25) is 0 Å². The molecule has 0 radical (unpaired) electrons. The van der Waals surface area contributed by atoms with Crippen molar-refractivity contribution in [2.75, 3.05) is 13.2 Å². The second-order valence-corrected chi connectivity index (χ2v) is 5.57. The third-order valence-electron chi connectivity index (χ3n) is 2.11. The van der Waals surface area contributed by atoms with Gasteiger partial charge in [0.15, 0.2) is 0 Å². The van der Waals surface area contributed by atoms with Crippen molar-refractivity contribution in [3.63, 3.8) is 0 Å². The van der Waals surface area contributed by atoms with Gasteiger partial charge in [-0.1, -0.05) is 20.8 Å².